The fourth-order valence-corrected chi connectivity index (χ4v) is 2.04. The van der Waals surface area contributed by atoms with Crippen molar-refractivity contribution in [2.75, 3.05) is 0 Å². The Morgan fingerprint density at radius 1 is 0.955 bits per heavy atom. The number of ether oxygens (including phenoxy) is 1. The minimum absolute atomic E-state index is 0.106. The first kappa shape index (κ1) is 13.8. The SMILES string of the molecule is O=[N+]([O-])c1cnc(-c2ccccc2)c(Oc2ccccc2)c1. The van der Waals surface area contributed by atoms with Crippen molar-refractivity contribution >= 4 is 5.69 Å². The molecule has 0 atom stereocenters. The standard InChI is InChI=1S/C17H12N2O3/c20-19(21)14-11-16(22-15-9-5-2-6-10-15)17(18-12-14)13-7-3-1-4-8-13/h1-12H. The van der Waals surface area contributed by atoms with Gasteiger partial charge < -0.3 is 4.74 Å². The van der Waals surface area contributed by atoms with E-state index in [0.717, 1.165) is 5.56 Å². The van der Waals surface area contributed by atoms with E-state index in [-0.39, 0.29) is 5.69 Å². The minimum Gasteiger partial charge on any atom is -0.455 e. The molecule has 1 heterocycles. The van der Waals surface area contributed by atoms with Crippen molar-refractivity contribution in [1.29, 1.82) is 0 Å². The lowest BCUT2D eigenvalue weighted by molar-refractivity contribution is -0.385. The van der Waals surface area contributed by atoms with E-state index in [1.165, 1.54) is 12.3 Å². The molecule has 0 N–H and O–H groups in total. The van der Waals surface area contributed by atoms with E-state index < -0.39 is 4.92 Å². The number of hydrogen-bond donors (Lipinski definition) is 0. The van der Waals surface area contributed by atoms with Crippen molar-refractivity contribution in [2.24, 2.45) is 0 Å². The Balaban J connectivity index is 2.07. The molecule has 22 heavy (non-hydrogen) atoms. The molecule has 0 unspecified atom stereocenters. The molecule has 1 aromatic heterocycles. The summed E-state index contributed by atoms with van der Waals surface area (Å²) < 4.78 is 5.79. The zero-order chi connectivity index (χ0) is 15.4. The highest BCUT2D eigenvalue weighted by Gasteiger charge is 2.15. The highest BCUT2D eigenvalue weighted by atomic mass is 16.6. The molecule has 0 amide bonds. The normalized spacial score (nSPS) is 10.2. The van der Waals surface area contributed by atoms with Crippen LogP contribution in [0.5, 0.6) is 11.5 Å². The Labute approximate surface area is 127 Å². The third-order valence-corrected chi connectivity index (χ3v) is 3.07. The highest BCUT2D eigenvalue weighted by Crippen LogP contribution is 2.33. The summed E-state index contributed by atoms with van der Waals surface area (Å²) in [6.07, 6.45) is 1.24. The van der Waals surface area contributed by atoms with E-state index in [9.17, 15) is 10.1 Å². The summed E-state index contributed by atoms with van der Waals surface area (Å²) in [7, 11) is 0. The van der Waals surface area contributed by atoms with Crippen LogP contribution >= 0.6 is 0 Å². The maximum atomic E-state index is 11.0. The van der Waals surface area contributed by atoms with Crippen molar-refractivity contribution in [3.05, 3.63) is 83.0 Å². The number of nitrogens with zero attached hydrogens (tertiary/aromatic N) is 2. The summed E-state index contributed by atoms with van der Waals surface area (Å²) in [6.45, 7) is 0. The van der Waals surface area contributed by atoms with Gasteiger partial charge in [0.05, 0.1) is 11.0 Å². The molecule has 2 aromatic carbocycles. The molecule has 0 bridgehead atoms. The second-order valence-electron chi connectivity index (χ2n) is 4.58. The highest BCUT2D eigenvalue weighted by molar-refractivity contribution is 5.68. The Bertz CT molecular complexity index is 790. The summed E-state index contributed by atoms with van der Waals surface area (Å²) in [5.74, 6) is 0.952. The number of hydrogen-bond acceptors (Lipinski definition) is 4. The van der Waals surface area contributed by atoms with Gasteiger partial charge in [0.25, 0.3) is 5.69 Å². The predicted octanol–water partition coefficient (Wildman–Crippen LogP) is 4.45. The first-order valence-corrected chi connectivity index (χ1v) is 6.67. The molecule has 0 aliphatic heterocycles. The molecule has 5 nitrogen and oxygen atoms in total. The maximum Gasteiger partial charge on any atom is 0.291 e. The van der Waals surface area contributed by atoms with Gasteiger partial charge >= 0.3 is 0 Å². The van der Waals surface area contributed by atoms with E-state index in [4.69, 9.17) is 4.74 Å². The molecule has 0 spiro atoms. The first-order chi connectivity index (χ1) is 10.7. The van der Waals surface area contributed by atoms with Gasteiger partial charge in [0.1, 0.15) is 17.6 Å². The Morgan fingerprint density at radius 3 is 2.23 bits per heavy atom. The van der Waals surface area contributed by atoms with E-state index in [0.29, 0.717) is 17.2 Å². The molecular formula is C17H12N2O3. The van der Waals surface area contributed by atoms with Crippen LogP contribution < -0.4 is 4.74 Å². The number of pyridine rings is 1. The number of aromatic nitrogens is 1. The molecule has 0 fully saturated rings. The Kier molecular flexibility index (Phi) is 3.78. The van der Waals surface area contributed by atoms with Gasteiger partial charge in [0.2, 0.25) is 0 Å². The monoisotopic (exact) mass is 292 g/mol. The molecule has 0 aliphatic carbocycles. The fraction of sp³-hybridized carbons (Fsp3) is 0. The molecule has 3 rings (SSSR count). The van der Waals surface area contributed by atoms with Gasteiger partial charge in [-0.25, -0.2) is 4.98 Å². The molecule has 0 saturated carbocycles. The van der Waals surface area contributed by atoms with Gasteiger partial charge in [-0.05, 0) is 12.1 Å². The molecule has 0 radical (unpaired) electrons. The molecule has 108 valence electrons. The second-order valence-corrected chi connectivity index (χ2v) is 4.58. The first-order valence-electron chi connectivity index (χ1n) is 6.67. The smallest absolute Gasteiger partial charge is 0.291 e. The molecule has 0 aliphatic rings. The molecule has 5 heteroatoms. The largest absolute Gasteiger partial charge is 0.455 e. The zero-order valence-electron chi connectivity index (χ0n) is 11.5. The number of rotatable bonds is 4. The van der Waals surface area contributed by atoms with Gasteiger partial charge in [0, 0.05) is 5.56 Å². The lowest BCUT2D eigenvalue weighted by Crippen LogP contribution is -1.95. The van der Waals surface area contributed by atoms with E-state index in [2.05, 4.69) is 4.98 Å². The average Bonchev–Trinajstić information content (AvgIpc) is 2.56. The quantitative estimate of drug-likeness (QED) is 0.526. The van der Waals surface area contributed by atoms with Crippen molar-refractivity contribution in [3.8, 4) is 22.8 Å². The molecule has 3 aromatic rings. The van der Waals surface area contributed by atoms with Crippen LogP contribution in [0, 0.1) is 10.1 Å². The van der Waals surface area contributed by atoms with Crippen LogP contribution in [0.1, 0.15) is 0 Å². The van der Waals surface area contributed by atoms with Crippen LogP contribution in [0.2, 0.25) is 0 Å². The van der Waals surface area contributed by atoms with Gasteiger partial charge in [-0.15, -0.1) is 0 Å². The summed E-state index contributed by atoms with van der Waals surface area (Å²) in [6, 6.07) is 19.9. The van der Waals surface area contributed by atoms with E-state index in [1.807, 2.05) is 48.5 Å². The fourth-order valence-electron chi connectivity index (χ4n) is 2.04. The van der Waals surface area contributed by atoms with E-state index >= 15 is 0 Å². The number of benzene rings is 2. The second kappa shape index (κ2) is 6.05. The minimum atomic E-state index is -0.486. The van der Waals surface area contributed by atoms with Crippen LogP contribution in [-0.2, 0) is 0 Å². The number of nitro groups is 1. The van der Waals surface area contributed by atoms with Crippen LogP contribution in [0.4, 0.5) is 5.69 Å². The van der Waals surface area contributed by atoms with Crippen LogP contribution in [-0.4, -0.2) is 9.91 Å². The van der Waals surface area contributed by atoms with Gasteiger partial charge in [0.15, 0.2) is 5.75 Å². The predicted molar refractivity (Wildman–Crippen MR) is 82.8 cm³/mol. The van der Waals surface area contributed by atoms with Gasteiger partial charge in [-0.1, -0.05) is 48.5 Å². The van der Waals surface area contributed by atoms with Gasteiger partial charge in [-0.3, -0.25) is 10.1 Å². The van der Waals surface area contributed by atoms with Crippen LogP contribution in [0.3, 0.4) is 0 Å². The molecular weight excluding hydrogens is 280 g/mol. The van der Waals surface area contributed by atoms with Crippen LogP contribution in [0.25, 0.3) is 11.3 Å². The average molecular weight is 292 g/mol. The lowest BCUT2D eigenvalue weighted by Gasteiger charge is -2.10. The molecule has 0 saturated heterocycles. The van der Waals surface area contributed by atoms with Gasteiger partial charge in [-0.2, -0.15) is 0 Å². The van der Waals surface area contributed by atoms with Crippen molar-refractivity contribution < 1.29 is 9.66 Å². The van der Waals surface area contributed by atoms with Crippen molar-refractivity contribution in [1.82, 2.24) is 4.98 Å². The lowest BCUT2D eigenvalue weighted by atomic mass is 10.1. The van der Waals surface area contributed by atoms with E-state index in [1.54, 1.807) is 12.1 Å². The third-order valence-electron chi connectivity index (χ3n) is 3.07. The van der Waals surface area contributed by atoms with Crippen LogP contribution in [0.15, 0.2) is 72.9 Å². The zero-order valence-corrected chi connectivity index (χ0v) is 11.5. The summed E-state index contributed by atoms with van der Waals surface area (Å²) in [5.41, 5.74) is 1.30. The summed E-state index contributed by atoms with van der Waals surface area (Å²) in [4.78, 5) is 14.7. The topological polar surface area (TPSA) is 65.3 Å². The maximum absolute atomic E-state index is 11.0. The Morgan fingerprint density at radius 2 is 1.59 bits per heavy atom. The van der Waals surface area contributed by atoms with Crippen molar-refractivity contribution in [2.45, 2.75) is 0 Å². The van der Waals surface area contributed by atoms with Crippen molar-refractivity contribution in [3.63, 3.8) is 0 Å². The number of para-hydroxylation sites is 1. The summed E-state index contributed by atoms with van der Waals surface area (Å²) >= 11 is 0. The summed E-state index contributed by atoms with van der Waals surface area (Å²) in [5, 5.41) is 11.0. The third kappa shape index (κ3) is 2.93. The Hall–Kier alpha value is -3.21.